The summed E-state index contributed by atoms with van der Waals surface area (Å²) in [6, 6.07) is 0.644. The lowest BCUT2D eigenvalue weighted by Gasteiger charge is -2.25. The zero-order chi connectivity index (χ0) is 17.2. The second-order valence-electron chi connectivity index (χ2n) is 7.59. The topological polar surface area (TPSA) is 43.8 Å². The Balaban J connectivity index is 1.53. The van der Waals surface area contributed by atoms with Crippen molar-refractivity contribution >= 4 is 17.3 Å². The van der Waals surface area contributed by atoms with Gasteiger partial charge >= 0.3 is 0 Å². The van der Waals surface area contributed by atoms with E-state index in [2.05, 4.69) is 58.4 Å². The van der Waals surface area contributed by atoms with E-state index in [1.165, 1.54) is 12.1 Å². The van der Waals surface area contributed by atoms with Crippen LogP contribution in [-0.4, -0.2) is 60.0 Å². The number of rotatable bonds is 3. The number of nitrogens with one attached hydrogen (secondary N) is 1. The highest BCUT2D eigenvalue weighted by Crippen LogP contribution is 2.24. The molecule has 1 unspecified atom stereocenters. The summed E-state index contributed by atoms with van der Waals surface area (Å²) >= 11 is 1.73. The maximum Gasteiger partial charge on any atom is 0.194 e. The Labute approximate surface area is 149 Å². The van der Waals surface area contributed by atoms with E-state index in [1.54, 1.807) is 11.3 Å². The minimum atomic E-state index is 0.113. The summed E-state index contributed by atoms with van der Waals surface area (Å²) < 4.78 is 0. The van der Waals surface area contributed by atoms with Crippen LogP contribution in [0.15, 0.2) is 22.5 Å². The summed E-state index contributed by atoms with van der Waals surface area (Å²) in [5.41, 5.74) is 1.28. The van der Waals surface area contributed by atoms with Crippen LogP contribution in [-0.2, 0) is 12.0 Å². The predicted molar refractivity (Wildman–Crippen MR) is 102 cm³/mol. The summed E-state index contributed by atoms with van der Waals surface area (Å²) in [6.07, 6.45) is 5.75. The first-order chi connectivity index (χ1) is 11.5. The summed E-state index contributed by atoms with van der Waals surface area (Å²) in [5.74, 6) is 0.997. The van der Waals surface area contributed by atoms with Crippen LogP contribution < -0.4 is 5.32 Å². The Hall–Kier alpha value is -1.40. The van der Waals surface area contributed by atoms with Crippen LogP contribution in [0.2, 0.25) is 0 Å². The molecular weight excluding hydrogens is 318 g/mol. The van der Waals surface area contributed by atoms with Crippen molar-refractivity contribution in [2.45, 2.75) is 45.2 Å². The first-order valence-electron chi connectivity index (χ1n) is 8.77. The molecule has 0 spiro atoms. The van der Waals surface area contributed by atoms with Gasteiger partial charge < -0.3 is 10.2 Å². The van der Waals surface area contributed by atoms with Gasteiger partial charge in [0, 0.05) is 50.1 Å². The molecule has 0 amide bonds. The standard InChI is InChI=1S/C18H29N5S/c1-18(2,3)15-13-24-16(21-15)11-20-17(19-4)23-10-7-14(12-23)22-8-5-6-9-22/h5-6,13-14H,7-12H2,1-4H3,(H,19,20). The largest absolute Gasteiger partial charge is 0.350 e. The van der Waals surface area contributed by atoms with Crippen LogP contribution in [0.25, 0.3) is 0 Å². The third-order valence-electron chi connectivity index (χ3n) is 4.76. The van der Waals surface area contributed by atoms with Crippen LogP contribution in [0, 0.1) is 0 Å². The number of aromatic nitrogens is 1. The summed E-state index contributed by atoms with van der Waals surface area (Å²) in [6.45, 7) is 11.7. The molecule has 5 nitrogen and oxygen atoms in total. The van der Waals surface area contributed by atoms with Crippen molar-refractivity contribution in [2.75, 3.05) is 33.2 Å². The quantitative estimate of drug-likeness (QED) is 0.518. The average Bonchev–Trinajstić information content (AvgIpc) is 3.28. The van der Waals surface area contributed by atoms with E-state index in [4.69, 9.17) is 4.98 Å². The van der Waals surface area contributed by atoms with Gasteiger partial charge in [-0.2, -0.15) is 0 Å². The molecule has 24 heavy (non-hydrogen) atoms. The fraction of sp³-hybridized carbons (Fsp3) is 0.667. The summed E-state index contributed by atoms with van der Waals surface area (Å²) in [7, 11) is 1.87. The molecule has 1 aromatic rings. The number of aliphatic imine (C=N–C) groups is 1. The van der Waals surface area contributed by atoms with E-state index in [-0.39, 0.29) is 5.41 Å². The minimum Gasteiger partial charge on any atom is -0.350 e. The Kier molecular flexibility index (Phi) is 5.25. The number of hydrogen-bond acceptors (Lipinski definition) is 4. The van der Waals surface area contributed by atoms with Crippen molar-refractivity contribution in [2.24, 2.45) is 4.99 Å². The van der Waals surface area contributed by atoms with Crippen molar-refractivity contribution < 1.29 is 0 Å². The monoisotopic (exact) mass is 347 g/mol. The number of guanidine groups is 1. The molecule has 0 bridgehead atoms. The van der Waals surface area contributed by atoms with Crippen molar-refractivity contribution in [1.82, 2.24) is 20.1 Å². The Bertz CT molecular complexity index is 605. The molecule has 0 saturated carbocycles. The molecule has 3 rings (SSSR count). The number of thiazole rings is 1. The molecule has 0 radical (unpaired) electrons. The van der Waals surface area contributed by atoms with Crippen molar-refractivity contribution in [3.8, 4) is 0 Å². The molecule has 2 aliphatic heterocycles. The maximum atomic E-state index is 4.76. The van der Waals surface area contributed by atoms with Gasteiger partial charge in [-0.3, -0.25) is 9.89 Å². The van der Waals surface area contributed by atoms with Gasteiger partial charge in [-0.1, -0.05) is 32.9 Å². The van der Waals surface area contributed by atoms with Gasteiger partial charge in [-0.15, -0.1) is 11.3 Å². The van der Waals surface area contributed by atoms with Crippen molar-refractivity contribution in [1.29, 1.82) is 0 Å². The number of nitrogens with zero attached hydrogens (tertiary/aromatic N) is 4. The third kappa shape index (κ3) is 3.98. The van der Waals surface area contributed by atoms with Gasteiger partial charge in [-0.25, -0.2) is 4.98 Å². The number of hydrogen-bond donors (Lipinski definition) is 1. The highest BCUT2D eigenvalue weighted by Gasteiger charge is 2.29. The zero-order valence-electron chi connectivity index (χ0n) is 15.2. The normalized spacial score (nSPS) is 22.6. The second-order valence-corrected chi connectivity index (χ2v) is 8.53. The van der Waals surface area contributed by atoms with Crippen LogP contribution in [0.1, 0.15) is 37.9 Å². The molecule has 1 atom stereocenters. The molecule has 1 N–H and O–H groups in total. The Morgan fingerprint density at radius 2 is 2.12 bits per heavy atom. The van der Waals surface area contributed by atoms with E-state index in [0.717, 1.165) is 43.7 Å². The van der Waals surface area contributed by atoms with Crippen molar-refractivity contribution in [3.63, 3.8) is 0 Å². The van der Waals surface area contributed by atoms with Crippen LogP contribution in [0.3, 0.4) is 0 Å². The van der Waals surface area contributed by atoms with E-state index in [1.807, 2.05) is 7.05 Å². The van der Waals surface area contributed by atoms with E-state index in [0.29, 0.717) is 6.04 Å². The third-order valence-corrected chi connectivity index (χ3v) is 5.60. The van der Waals surface area contributed by atoms with E-state index in [9.17, 15) is 0 Å². The molecule has 2 aliphatic rings. The van der Waals surface area contributed by atoms with Gasteiger partial charge in [0.15, 0.2) is 5.96 Å². The fourth-order valence-corrected chi connectivity index (χ4v) is 4.21. The van der Waals surface area contributed by atoms with Crippen LogP contribution >= 0.6 is 11.3 Å². The van der Waals surface area contributed by atoms with E-state index >= 15 is 0 Å². The molecular formula is C18H29N5S. The average molecular weight is 348 g/mol. The van der Waals surface area contributed by atoms with Gasteiger partial charge in [0.05, 0.1) is 12.2 Å². The smallest absolute Gasteiger partial charge is 0.194 e. The summed E-state index contributed by atoms with van der Waals surface area (Å²) in [4.78, 5) is 14.2. The molecule has 0 aliphatic carbocycles. The first-order valence-corrected chi connectivity index (χ1v) is 9.65. The fourth-order valence-electron chi connectivity index (χ4n) is 3.25. The molecule has 1 aromatic heterocycles. The summed E-state index contributed by atoms with van der Waals surface area (Å²) in [5, 5.41) is 6.79. The molecule has 132 valence electrons. The van der Waals surface area contributed by atoms with Gasteiger partial charge in [-0.05, 0) is 6.42 Å². The van der Waals surface area contributed by atoms with Gasteiger partial charge in [0.2, 0.25) is 0 Å². The molecule has 1 fully saturated rings. The lowest BCUT2D eigenvalue weighted by molar-refractivity contribution is 0.259. The second kappa shape index (κ2) is 7.23. The maximum absolute atomic E-state index is 4.76. The lowest BCUT2D eigenvalue weighted by atomic mass is 9.93. The lowest BCUT2D eigenvalue weighted by Crippen LogP contribution is -2.42. The Morgan fingerprint density at radius 3 is 2.75 bits per heavy atom. The van der Waals surface area contributed by atoms with E-state index < -0.39 is 0 Å². The van der Waals surface area contributed by atoms with Crippen LogP contribution in [0.5, 0.6) is 0 Å². The molecule has 6 heteroatoms. The molecule has 3 heterocycles. The molecule has 1 saturated heterocycles. The van der Waals surface area contributed by atoms with Crippen LogP contribution in [0.4, 0.5) is 0 Å². The first kappa shape index (κ1) is 17.4. The molecule has 0 aromatic carbocycles. The SMILES string of the molecule is CN=C(NCc1nc(C(C)(C)C)cs1)N1CCC(N2CC=CC2)C1. The minimum absolute atomic E-state index is 0.113. The van der Waals surface area contributed by atoms with Gasteiger partial charge in [0.1, 0.15) is 5.01 Å². The highest BCUT2D eigenvalue weighted by atomic mass is 32.1. The highest BCUT2D eigenvalue weighted by molar-refractivity contribution is 7.09. The number of likely N-dealkylation sites (tertiary alicyclic amines) is 1. The Morgan fingerprint density at radius 1 is 1.38 bits per heavy atom. The zero-order valence-corrected chi connectivity index (χ0v) is 16.1. The van der Waals surface area contributed by atoms with Crippen molar-refractivity contribution in [3.05, 3.63) is 28.2 Å². The van der Waals surface area contributed by atoms with Gasteiger partial charge in [0.25, 0.3) is 0 Å². The predicted octanol–water partition coefficient (Wildman–Crippen LogP) is 2.46.